The summed E-state index contributed by atoms with van der Waals surface area (Å²) in [6, 6.07) is 4.98. The molecule has 56 heavy (non-hydrogen) atoms. The molecule has 3 fully saturated rings. The first-order valence-corrected chi connectivity index (χ1v) is 18.7. The third kappa shape index (κ3) is 6.72. The number of fused-ring (bicyclic) bond motifs is 3. The molecular formula is C39H42F3N9O5. The number of carbonyl (C=O) groups is 2. The van der Waals surface area contributed by atoms with Gasteiger partial charge in [-0.3, -0.25) is 14.7 Å². The van der Waals surface area contributed by atoms with Crippen LogP contribution in [0.4, 0.5) is 29.6 Å². The highest BCUT2D eigenvalue weighted by Crippen LogP contribution is 2.42. The zero-order valence-electron chi connectivity index (χ0n) is 31.2. The lowest BCUT2D eigenvalue weighted by Gasteiger charge is -2.30. The molecule has 294 valence electrons. The first kappa shape index (κ1) is 37.4. The number of pyridine rings is 1. The fourth-order valence-electron chi connectivity index (χ4n) is 8.25. The van der Waals surface area contributed by atoms with Crippen LogP contribution in [0.5, 0.6) is 11.8 Å². The number of aryl methyl sites for hydroxylation is 1. The number of halogens is 3. The third-order valence-corrected chi connectivity index (χ3v) is 11.2. The smallest absolute Gasteiger partial charge is 0.344 e. The summed E-state index contributed by atoms with van der Waals surface area (Å²) in [6.07, 6.45) is 4.08. The summed E-state index contributed by atoms with van der Waals surface area (Å²) < 4.78 is 54.0. The average molecular weight is 774 g/mol. The molecule has 17 heteroatoms. The number of hydrogen-bond donors (Lipinski definition) is 4. The molecule has 0 radical (unpaired) electrons. The minimum atomic E-state index is -1.00. The van der Waals surface area contributed by atoms with Crippen molar-refractivity contribution in [2.75, 3.05) is 44.4 Å². The molecule has 3 aliphatic rings. The van der Waals surface area contributed by atoms with E-state index in [1.165, 1.54) is 41.6 Å². The zero-order valence-corrected chi connectivity index (χ0v) is 31.2. The quantitative estimate of drug-likeness (QED) is 0.143. The molecule has 2 aromatic carbocycles. The van der Waals surface area contributed by atoms with Gasteiger partial charge in [-0.1, -0.05) is 13.0 Å². The van der Waals surface area contributed by atoms with E-state index in [0.717, 1.165) is 24.1 Å². The molecule has 3 aromatic heterocycles. The largest absolute Gasteiger partial charge is 0.508 e. The highest BCUT2D eigenvalue weighted by atomic mass is 19.1. The molecule has 1 saturated carbocycles. The minimum absolute atomic E-state index is 0.0594. The Morgan fingerprint density at radius 3 is 2.70 bits per heavy atom. The maximum atomic E-state index is 17.0. The van der Waals surface area contributed by atoms with E-state index in [4.69, 9.17) is 4.74 Å². The molecule has 4 N–H and O–H groups in total. The van der Waals surface area contributed by atoms with E-state index in [9.17, 15) is 24.2 Å². The van der Waals surface area contributed by atoms with Crippen molar-refractivity contribution in [1.82, 2.24) is 34.5 Å². The topological polar surface area (TPSA) is 171 Å². The van der Waals surface area contributed by atoms with Crippen molar-refractivity contribution in [2.24, 2.45) is 5.92 Å². The van der Waals surface area contributed by atoms with Gasteiger partial charge in [0.15, 0.2) is 11.6 Å². The Kier molecular flexibility index (Phi) is 9.68. The molecule has 0 bridgehead atoms. The molecule has 5 aromatic rings. The molecule has 2 saturated heterocycles. The van der Waals surface area contributed by atoms with Gasteiger partial charge in [0.25, 0.3) is 0 Å². The second-order valence-electron chi connectivity index (χ2n) is 15.2. The minimum Gasteiger partial charge on any atom is -0.508 e. The first-order chi connectivity index (χ1) is 26.8. The standard InChI is InChI=1S/C39H42F3N9O5/c1-4-26-29(41)7-6-20-10-25(53)13-27(30(20)26)32-31(42)33-28(16-43-32)35(47-37(45-33)56-19-39-8-5-9-50(39)18-23(40)14-39)44-15-22-17-51(38(55)49(2)3)48-34(22)46-36(54)21-11-24(52)12-21/h6-7,10,13,16-17,21,23-24,52-53H,4-5,8-9,11-12,14-15,18-19H2,1-3H3,(H,44,45,47)(H,46,48,54)/t21?,23-,24?,39+/m1/s1. The summed E-state index contributed by atoms with van der Waals surface area (Å²) in [4.78, 5) is 42.8. The second-order valence-corrected chi connectivity index (χ2v) is 15.2. The molecule has 2 atom stereocenters. The summed E-state index contributed by atoms with van der Waals surface area (Å²) in [6.45, 7) is 2.83. The highest BCUT2D eigenvalue weighted by Gasteiger charge is 2.49. The maximum Gasteiger partial charge on any atom is 0.344 e. The third-order valence-electron chi connectivity index (χ3n) is 11.2. The van der Waals surface area contributed by atoms with Gasteiger partial charge in [-0.2, -0.15) is 14.6 Å². The molecule has 2 amide bonds. The second kappa shape index (κ2) is 14.5. The number of phenolic OH excluding ortho intramolecular Hbond substituents is 1. The number of ether oxygens (including phenoxy) is 1. The van der Waals surface area contributed by atoms with E-state index in [1.54, 1.807) is 21.0 Å². The summed E-state index contributed by atoms with van der Waals surface area (Å²) in [5, 5.41) is 31.7. The van der Waals surface area contributed by atoms with E-state index in [0.29, 0.717) is 54.1 Å². The summed E-state index contributed by atoms with van der Waals surface area (Å²) in [5.41, 5.74) is -0.00997. The Bertz CT molecular complexity index is 2370. The van der Waals surface area contributed by atoms with Crippen LogP contribution in [0, 0.1) is 17.6 Å². The van der Waals surface area contributed by atoms with Crippen LogP contribution in [0.2, 0.25) is 0 Å². The number of aromatic nitrogens is 5. The number of carbonyl (C=O) groups excluding carboxylic acids is 2. The lowest BCUT2D eigenvalue weighted by atomic mass is 9.82. The molecule has 5 heterocycles. The van der Waals surface area contributed by atoms with Gasteiger partial charge in [0.1, 0.15) is 41.4 Å². The van der Waals surface area contributed by atoms with Gasteiger partial charge in [-0.05, 0) is 73.2 Å². The molecule has 1 aliphatic carbocycles. The number of benzene rings is 2. The van der Waals surface area contributed by atoms with Crippen LogP contribution in [0.25, 0.3) is 32.9 Å². The number of aromatic hydroxyl groups is 1. The Morgan fingerprint density at radius 1 is 1.14 bits per heavy atom. The summed E-state index contributed by atoms with van der Waals surface area (Å²) >= 11 is 0. The normalized spacial score (nSPS) is 21.9. The number of nitrogens with zero attached hydrogens (tertiary/aromatic N) is 7. The van der Waals surface area contributed by atoms with Crippen molar-refractivity contribution < 1.29 is 37.7 Å². The maximum absolute atomic E-state index is 17.0. The lowest BCUT2D eigenvalue weighted by Crippen LogP contribution is -2.43. The summed E-state index contributed by atoms with van der Waals surface area (Å²) in [7, 11) is 3.12. The van der Waals surface area contributed by atoms with Crippen molar-refractivity contribution in [1.29, 1.82) is 0 Å². The monoisotopic (exact) mass is 773 g/mol. The Balaban J connectivity index is 1.20. The van der Waals surface area contributed by atoms with E-state index in [-0.39, 0.29) is 64.6 Å². The number of anilines is 2. The van der Waals surface area contributed by atoms with Crippen LogP contribution in [-0.4, -0.2) is 108 Å². The van der Waals surface area contributed by atoms with E-state index >= 15 is 8.78 Å². The molecule has 2 aliphatic heterocycles. The molecule has 0 unspecified atom stereocenters. The number of aliphatic hydroxyl groups is 1. The number of rotatable bonds is 10. The average Bonchev–Trinajstić information content (AvgIpc) is 3.83. The Labute approximate surface area is 319 Å². The summed E-state index contributed by atoms with van der Waals surface area (Å²) in [5.74, 6) is -2.06. The zero-order chi connectivity index (χ0) is 39.5. The fraction of sp³-hybridized carbons (Fsp3) is 0.436. The van der Waals surface area contributed by atoms with Crippen LogP contribution in [0.3, 0.4) is 0 Å². The van der Waals surface area contributed by atoms with Gasteiger partial charge in [-0.25, -0.2) is 18.0 Å². The van der Waals surface area contributed by atoms with Gasteiger partial charge in [-0.15, -0.1) is 5.10 Å². The van der Waals surface area contributed by atoms with Gasteiger partial charge >= 0.3 is 12.0 Å². The predicted octanol–water partition coefficient (Wildman–Crippen LogP) is 5.39. The van der Waals surface area contributed by atoms with Gasteiger partial charge in [0.05, 0.1) is 17.0 Å². The van der Waals surface area contributed by atoms with Crippen molar-refractivity contribution in [3.63, 3.8) is 0 Å². The Morgan fingerprint density at radius 2 is 1.95 bits per heavy atom. The van der Waals surface area contributed by atoms with Crippen molar-refractivity contribution in [3.8, 4) is 23.0 Å². The van der Waals surface area contributed by atoms with Crippen molar-refractivity contribution >= 4 is 45.2 Å². The predicted molar refractivity (Wildman–Crippen MR) is 201 cm³/mol. The molecular weight excluding hydrogens is 731 g/mol. The van der Waals surface area contributed by atoms with Crippen LogP contribution < -0.4 is 15.4 Å². The van der Waals surface area contributed by atoms with Gasteiger partial charge in [0, 0.05) is 63.0 Å². The molecule has 14 nitrogen and oxygen atoms in total. The van der Waals surface area contributed by atoms with E-state index < -0.39 is 41.4 Å². The Hall–Kier alpha value is -5.55. The van der Waals surface area contributed by atoms with Crippen molar-refractivity contribution in [2.45, 2.75) is 69.8 Å². The number of nitrogens with one attached hydrogen (secondary N) is 2. The van der Waals surface area contributed by atoms with E-state index in [1.807, 2.05) is 0 Å². The number of hydrogen-bond acceptors (Lipinski definition) is 11. The first-order valence-electron chi connectivity index (χ1n) is 18.7. The number of phenols is 1. The lowest BCUT2D eigenvalue weighted by molar-refractivity contribution is -0.126. The number of aliphatic hydroxyl groups excluding tert-OH is 1. The highest BCUT2D eigenvalue weighted by molar-refractivity contribution is 6.02. The fourth-order valence-corrected chi connectivity index (χ4v) is 8.25. The van der Waals surface area contributed by atoms with Crippen LogP contribution in [0.1, 0.15) is 50.2 Å². The van der Waals surface area contributed by atoms with Crippen LogP contribution in [0.15, 0.2) is 36.7 Å². The molecule has 8 rings (SSSR count). The van der Waals surface area contributed by atoms with Crippen molar-refractivity contribution in [3.05, 3.63) is 59.4 Å². The van der Waals surface area contributed by atoms with Gasteiger partial charge in [0.2, 0.25) is 5.91 Å². The number of alkyl halides is 1. The number of amides is 2. The SMILES string of the molecule is CCc1c(F)ccc2cc(O)cc(-c3ncc4c(NCc5cn(C(=O)N(C)C)nc5NC(=O)C5CC(O)C5)nc(OC[C@@]56CCCN5C[C@H](F)C6)nc4c3F)c12. The van der Waals surface area contributed by atoms with Crippen LogP contribution in [-0.2, 0) is 17.8 Å². The molecule has 0 spiro atoms. The van der Waals surface area contributed by atoms with E-state index in [2.05, 4.69) is 35.6 Å². The van der Waals surface area contributed by atoms with Crippen LogP contribution >= 0.6 is 0 Å². The van der Waals surface area contributed by atoms with Gasteiger partial charge < -0.3 is 30.5 Å².